The summed E-state index contributed by atoms with van der Waals surface area (Å²) < 4.78 is 31.7. The minimum absolute atomic E-state index is 0.0196. The van der Waals surface area contributed by atoms with Gasteiger partial charge in [0.2, 0.25) is 0 Å². The Morgan fingerprint density at radius 3 is 2.13 bits per heavy atom. The van der Waals surface area contributed by atoms with E-state index in [1.165, 1.54) is 0 Å². The highest BCUT2D eigenvalue weighted by Gasteiger charge is 2.58. The minimum Gasteiger partial charge on any atom is -0.481 e. The molecule has 2 saturated carbocycles. The first-order valence-electron chi connectivity index (χ1n) is 9.77. The van der Waals surface area contributed by atoms with Gasteiger partial charge in [0.15, 0.2) is 0 Å². The third-order valence-corrected chi connectivity index (χ3v) is 6.15. The fraction of sp³-hybridized carbons (Fsp3) is 0.650. The molecule has 2 aliphatic rings. The summed E-state index contributed by atoms with van der Waals surface area (Å²) in [4.78, 5) is 27.1. The summed E-state index contributed by atoms with van der Waals surface area (Å²) in [5.41, 5.74) is 0.709. The average Bonchev–Trinajstić information content (AvgIpc) is 3.24. The van der Waals surface area contributed by atoms with Crippen LogP contribution >= 0.6 is 0 Å². The number of hydrogen-bond acceptors (Lipinski definition) is 5. The number of anilines is 1. The van der Waals surface area contributed by atoms with E-state index < -0.39 is 23.5 Å². The van der Waals surface area contributed by atoms with Crippen molar-refractivity contribution in [3.8, 4) is 0 Å². The number of aliphatic carboxylic acids is 2. The topological polar surface area (TPSA) is 103 Å². The maximum absolute atomic E-state index is 11.5. The molecule has 3 rings (SSSR count). The van der Waals surface area contributed by atoms with Crippen molar-refractivity contribution in [2.45, 2.75) is 70.3 Å². The number of aromatic nitrogens is 1. The molecule has 0 aromatic carbocycles. The first kappa shape index (κ1) is 23.9. The van der Waals surface area contributed by atoms with Gasteiger partial charge in [-0.1, -0.05) is 6.07 Å². The van der Waals surface area contributed by atoms with Crippen LogP contribution in [0.3, 0.4) is 0 Å². The predicted octanol–water partition coefficient (Wildman–Crippen LogP) is 3.44. The number of carbonyl (C=O) groups is 2. The van der Waals surface area contributed by atoms with Crippen molar-refractivity contribution in [1.29, 1.82) is 0 Å². The Labute approximate surface area is 173 Å². The van der Waals surface area contributed by atoms with Crippen LogP contribution in [0.15, 0.2) is 18.3 Å². The van der Waals surface area contributed by atoms with Gasteiger partial charge in [-0.05, 0) is 57.6 Å². The lowest BCUT2D eigenvalue weighted by molar-refractivity contribution is -0.192. The lowest BCUT2D eigenvalue weighted by Crippen LogP contribution is -2.40. The van der Waals surface area contributed by atoms with E-state index in [4.69, 9.17) is 9.90 Å². The van der Waals surface area contributed by atoms with Crippen molar-refractivity contribution < 1.29 is 33.0 Å². The maximum atomic E-state index is 11.5. The Bertz CT molecular complexity index is 758. The SMILES string of the molecule is CC(C)N(C)c1ccc(CNC23CCC(C(=O)O)(CC2)C3)cn1.O=C(O)C(F)(F)F. The van der Waals surface area contributed by atoms with Crippen LogP contribution in [-0.2, 0) is 16.1 Å². The molecule has 7 nitrogen and oxygen atoms in total. The summed E-state index contributed by atoms with van der Waals surface area (Å²) in [5.74, 6) is -2.39. The molecule has 1 aromatic rings. The lowest BCUT2D eigenvalue weighted by atomic mass is 9.84. The second-order valence-corrected chi connectivity index (χ2v) is 8.43. The number of carboxylic acids is 2. The van der Waals surface area contributed by atoms with Crippen molar-refractivity contribution in [3.05, 3.63) is 23.9 Å². The van der Waals surface area contributed by atoms with Gasteiger partial charge in [-0.2, -0.15) is 13.2 Å². The molecule has 0 radical (unpaired) electrons. The number of pyridine rings is 1. The summed E-state index contributed by atoms with van der Waals surface area (Å²) in [7, 11) is 2.05. The lowest BCUT2D eigenvalue weighted by Gasteiger charge is -2.28. The van der Waals surface area contributed by atoms with Gasteiger partial charge in [0.05, 0.1) is 5.41 Å². The number of alkyl halides is 3. The molecule has 1 heterocycles. The molecule has 30 heavy (non-hydrogen) atoms. The van der Waals surface area contributed by atoms with Gasteiger partial charge in [0, 0.05) is 31.4 Å². The number of hydrogen-bond donors (Lipinski definition) is 3. The molecule has 2 fully saturated rings. The van der Waals surface area contributed by atoms with E-state index in [0.717, 1.165) is 50.0 Å². The number of fused-ring (bicyclic) bond motifs is 2. The smallest absolute Gasteiger partial charge is 0.481 e. The van der Waals surface area contributed by atoms with E-state index in [1.807, 2.05) is 13.2 Å². The first-order chi connectivity index (χ1) is 13.8. The molecule has 0 unspecified atom stereocenters. The average molecular weight is 431 g/mol. The minimum atomic E-state index is -5.08. The van der Waals surface area contributed by atoms with Crippen molar-refractivity contribution in [2.75, 3.05) is 11.9 Å². The third kappa shape index (κ3) is 5.41. The van der Waals surface area contributed by atoms with Gasteiger partial charge in [-0.3, -0.25) is 4.79 Å². The summed E-state index contributed by atoms with van der Waals surface area (Å²) in [6, 6.07) is 4.59. The number of nitrogens with one attached hydrogen (secondary N) is 1. The van der Waals surface area contributed by atoms with Crippen LogP contribution in [0.1, 0.15) is 51.5 Å². The predicted molar refractivity (Wildman–Crippen MR) is 104 cm³/mol. The number of nitrogens with zero attached hydrogens (tertiary/aromatic N) is 2. The number of halogens is 3. The van der Waals surface area contributed by atoms with Crippen molar-refractivity contribution in [1.82, 2.24) is 10.3 Å². The van der Waals surface area contributed by atoms with Gasteiger partial charge in [0.1, 0.15) is 5.82 Å². The molecule has 2 aliphatic carbocycles. The zero-order valence-electron chi connectivity index (χ0n) is 17.3. The normalized spacial score (nSPS) is 25.0. The zero-order chi connectivity index (χ0) is 22.7. The van der Waals surface area contributed by atoms with E-state index in [-0.39, 0.29) is 5.54 Å². The van der Waals surface area contributed by atoms with Gasteiger partial charge >= 0.3 is 18.1 Å². The van der Waals surface area contributed by atoms with Crippen LogP contribution < -0.4 is 10.2 Å². The summed E-state index contributed by atoms with van der Waals surface area (Å²) >= 11 is 0. The summed E-state index contributed by atoms with van der Waals surface area (Å²) in [5, 5.41) is 20.2. The molecule has 0 amide bonds. The number of rotatable bonds is 6. The van der Waals surface area contributed by atoms with Gasteiger partial charge in [-0.25, -0.2) is 9.78 Å². The molecule has 168 valence electrons. The molecular formula is C20H28F3N3O4. The van der Waals surface area contributed by atoms with Crippen molar-refractivity contribution in [3.63, 3.8) is 0 Å². The van der Waals surface area contributed by atoms with E-state index in [1.54, 1.807) is 0 Å². The Morgan fingerprint density at radius 1 is 1.20 bits per heavy atom. The zero-order valence-corrected chi connectivity index (χ0v) is 17.3. The van der Waals surface area contributed by atoms with E-state index in [0.29, 0.717) is 6.04 Å². The highest BCUT2D eigenvalue weighted by molar-refractivity contribution is 5.76. The Kier molecular flexibility index (Phi) is 7.01. The summed E-state index contributed by atoms with van der Waals surface area (Å²) in [6.07, 6.45) is 1.18. The first-order valence-corrected chi connectivity index (χ1v) is 9.77. The standard InChI is InChI=1S/C18H27N3O2.C2HF3O2/c1-13(2)21(3)15-5-4-14(10-19-15)11-20-18-8-6-17(12-18,7-9-18)16(22)23;3-2(4,5)1(6)7/h4-5,10,13,20H,6-9,11-12H2,1-3H3,(H,22,23);(H,6,7). The molecule has 0 aliphatic heterocycles. The second kappa shape index (κ2) is 8.79. The van der Waals surface area contributed by atoms with Crippen LogP contribution in [0.5, 0.6) is 0 Å². The van der Waals surface area contributed by atoms with E-state index in [9.17, 15) is 23.1 Å². The molecule has 0 spiro atoms. The molecule has 10 heteroatoms. The monoisotopic (exact) mass is 431 g/mol. The van der Waals surface area contributed by atoms with E-state index >= 15 is 0 Å². The highest BCUT2D eigenvalue weighted by Crippen LogP contribution is 2.56. The quantitative estimate of drug-likeness (QED) is 0.634. The van der Waals surface area contributed by atoms with Crippen molar-refractivity contribution in [2.24, 2.45) is 5.41 Å². The largest absolute Gasteiger partial charge is 0.490 e. The second-order valence-electron chi connectivity index (χ2n) is 8.43. The van der Waals surface area contributed by atoms with Gasteiger partial charge in [-0.15, -0.1) is 0 Å². The van der Waals surface area contributed by atoms with Crippen molar-refractivity contribution >= 4 is 17.8 Å². The third-order valence-electron chi connectivity index (χ3n) is 6.15. The fourth-order valence-corrected chi connectivity index (χ4v) is 4.02. The van der Waals surface area contributed by atoms with Crippen LogP contribution in [0.25, 0.3) is 0 Å². The Hall–Kier alpha value is -2.36. The van der Waals surface area contributed by atoms with Crippen LogP contribution in [0, 0.1) is 5.41 Å². The highest BCUT2D eigenvalue weighted by atomic mass is 19.4. The molecule has 2 bridgehead atoms. The van der Waals surface area contributed by atoms with Crippen LogP contribution in [0.2, 0.25) is 0 Å². The van der Waals surface area contributed by atoms with Crippen LogP contribution in [0.4, 0.5) is 19.0 Å². The fourth-order valence-electron chi connectivity index (χ4n) is 4.02. The Morgan fingerprint density at radius 2 is 1.77 bits per heavy atom. The Balaban J connectivity index is 0.000000396. The molecular weight excluding hydrogens is 403 g/mol. The van der Waals surface area contributed by atoms with Crippen LogP contribution in [-0.4, -0.2) is 51.9 Å². The maximum Gasteiger partial charge on any atom is 0.490 e. The number of carboxylic acid groups (broad SMARTS) is 2. The molecule has 0 saturated heterocycles. The van der Waals surface area contributed by atoms with Gasteiger partial charge in [0.25, 0.3) is 0 Å². The molecule has 3 N–H and O–H groups in total. The molecule has 0 atom stereocenters. The summed E-state index contributed by atoms with van der Waals surface area (Å²) in [6.45, 7) is 5.05. The molecule has 1 aromatic heterocycles. The van der Waals surface area contributed by atoms with E-state index in [2.05, 4.69) is 41.2 Å². The van der Waals surface area contributed by atoms with Gasteiger partial charge < -0.3 is 20.4 Å².